The Labute approximate surface area is 124 Å². The maximum Gasteiger partial charge on any atom is 0.263 e. The van der Waals surface area contributed by atoms with E-state index in [2.05, 4.69) is 48.4 Å². The topological polar surface area (TPSA) is 85.0 Å². The summed E-state index contributed by atoms with van der Waals surface area (Å²) < 4.78 is 11.7. The van der Waals surface area contributed by atoms with Crippen molar-refractivity contribution in [1.82, 2.24) is 20.6 Å². The second-order valence-corrected chi connectivity index (χ2v) is 4.65. The number of tetrazole rings is 1. The van der Waals surface area contributed by atoms with Crippen molar-refractivity contribution >= 4 is 21.9 Å². The lowest BCUT2D eigenvalue weighted by Crippen LogP contribution is -2.03. The molecule has 2 rings (SSSR count). The first-order valence-corrected chi connectivity index (χ1v) is 6.61. The molecule has 20 heavy (non-hydrogen) atoms. The van der Waals surface area contributed by atoms with Crippen LogP contribution in [0.4, 0.5) is 5.95 Å². The van der Waals surface area contributed by atoms with Crippen LogP contribution in [0, 0.1) is 0 Å². The second kappa shape index (κ2) is 6.90. The molecular formula is C12H14BrN5O2. The van der Waals surface area contributed by atoms with E-state index in [0.29, 0.717) is 30.6 Å². The highest BCUT2D eigenvalue weighted by molar-refractivity contribution is 9.10. The predicted molar refractivity (Wildman–Crippen MR) is 77.9 cm³/mol. The number of methoxy groups -OCH3 is 1. The molecule has 0 aliphatic heterocycles. The molecule has 1 heterocycles. The zero-order valence-electron chi connectivity index (χ0n) is 10.9. The van der Waals surface area contributed by atoms with Crippen LogP contribution in [-0.4, -0.2) is 34.3 Å². The standard InChI is InChI=1S/C12H14BrN5O2/c1-3-4-20-11-9(13)5-8(6-10(11)19-2)7-14-12-15-17-18-16-12/h3,5-6H,1,4,7H2,2H3,(H2,14,15,16,17,18). The van der Waals surface area contributed by atoms with Gasteiger partial charge in [-0.15, -0.1) is 5.10 Å². The first kappa shape index (κ1) is 14.3. The first-order chi connectivity index (χ1) is 9.74. The number of nitrogens with one attached hydrogen (secondary N) is 2. The molecule has 0 spiro atoms. The molecule has 106 valence electrons. The number of nitrogens with zero attached hydrogens (tertiary/aromatic N) is 3. The van der Waals surface area contributed by atoms with Gasteiger partial charge in [0, 0.05) is 6.54 Å². The molecule has 7 nitrogen and oxygen atoms in total. The summed E-state index contributed by atoms with van der Waals surface area (Å²) in [5.41, 5.74) is 0.990. The van der Waals surface area contributed by atoms with E-state index >= 15 is 0 Å². The Hall–Kier alpha value is -2.09. The molecule has 0 unspecified atom stereocenters. The smallest absolute Gasteiger partial charge is 0.263 e. The van der Waals surface area contributed by atoms with Crippen LogP contribution >= 0.6 is 15.9 Å². The molecule has 0 aliphatic rings. The number of halogens is 1. The highest BCUT2D eigenvalue weighted by atomic mass is 79.9. The van der Waals surface area contributed by atoms with Crippen LogP contribution < -0.4 is 14.8 Å². The van der Waals surface area contributed by atoms with E-state index in [0.717, 1.165) is 10.0 Å². The summed E-state index contributed by atoms with van der Waals surface area (Å²) in [6.45, 7) is 4.57. The van der Waals surface area contributed by atoms with Crippen LogP contribution in [0.2, 0.25) is 0 Å². The summed E-state index contributed by atoms with van der Waals surface area (Å²) in [6.07, 6.45) is 1.68. The molecule has 0 aliphatic carbocycles. The van der Waals surface area contributed by atoms with Gasteiger partial charge in [0.15, 0.2) is 11.5 Å². The second-order valence-electron chi connectivity index (χ2n) is 3.80. The molecule has 2 N–H and O–H groups in total. The molecule has 0 radical (unpaired) electrons. The third-order valence-electron chi connectivity index (χ3n) is 2.43. The Balaban J connectivity index is 2.14. The van der Waals surface area contributed by atoms with Gasteiger partial charge in [-0.05, 0) is 38.8 Å². The fraction of sp³-hybridized carbons (Fsp3) is 0.250. The highest BCUT2D eigenvalue weighted by Gasteiger charge is 2.11. The molecule has 0 saturated heterocycles. The number of hydrogen-bond donors (Lipinski definition) is 2. The monoisotopic (exact) mass is 339 g/mol. The molecule has 1 aromatic carbocycles. The maximum atomic E-state index is 5.56. The third-order valence-corrected chi connectivity index (χ3v) is 3.02. The van der Waals surface area contributed by atoms with E-state index in [-0.39, 0.29) is 0 Å². The minimum atomic E-state index is 0.412. The van der Waals surface area contributed by atoms with Gasteiger partial charge in [0.2, 0.25) is 0 Å². The van der Waals surface area contributed by atoms with Gasteiger partial charge in [0.25, 0.3) is 5.95 Å². The highest BCUT2D eigenvalue weighted by Crippen LogP contribution is 2.36. The Kier molecular flexibility index (Phi) is 4.94. The maximum absolute atomic E-state index is 5.56. The Morgan fingerprint density at radius 1 is 1.50 bits per heavy atom. The Morgan fingerprint density at radius 2 is 2.35 bits per heavy atom. The molecule has 0 atom stereocenters. The number of anilines is 1. The van der Waals surface area contributed by atoms with Crippen LogP contribution in [-0.2, 0) is 6.54 Å². The number of benzene rings is 1. The lowest BCUT2D eigenvalue weighted by atomic mass is 10.2. The zero-order chi connectivity index (χ0) is 14.4. The van der Waals surface area contributed by atoms with Crippen LogP contribution in [0.25, 0.3) is 0 Å². The van der Waals surface area contributed by atoms with Crippen molar-refractivity contribution in [1.29, 1.82) is 0 Å². The molecule has 0 bridgehead atoms. The molecule has 8 heteroatoms. The van der Waals surface area contributed by atoms with Crippen LogP contribution in [0.15, 0.2) is 29.3 Å². The van der Waals surface area contributed by atoms with Gasteiger partial charge >= 0.3 is 0 Å². The number of rotatable bonds is 7. The van der Waals surface area contributed by atoms with Gasteiger partial charge in [-0.3, -0.25) is 0 Å². The van der Waals surface area contributed by atoms with Crippen LogP contribution in [0.5, 0.6) is 11.5 Å². The van der Waals surface area contributed by atoms with Gasteiger partial charge in [-0.1, -0.05) is 17.8 Å². The van der Waals surface area contributed by atoms with Crippen molar-refractivity contribution < 1.29 is 9.47 Å². The molecule has 0 saturated carbocycles. The Bertz CT molecular complexity index is 573. The third kappa shape index (κ3) is 3.47. The lowest BCUT2D eigenvalue weighted by Gasteiger charge is -2.13. The molecular weight excluding hydrogens is 326 g/mol. The average Bonchev–Trinajstić information content (AvgIpc) is 2.96. The summed E-state index contributed by atoms with van der Waals surface area (Å²) in [7, 11) is 1.60. The van der Waals surface area contributed by atoms with E-state index in [1.54, 1.807) is 13.2 Å². The van der Waals surface area contributed by atoms with E-state index in [4.69, 9.17) is 9.47 Å². The van der Waals surface area contributed by atoms with E-state index in [9.17, 15) is 0 Å². The number of aromatic nitrogens is 4. The van der Waals surface area contributed by atoms with Crippen molar-refractivity contribution in [3.63, 3.8) is 0 Å². The van der Waals surface area contributed by atoms with Crippen molar-refractivity contribution in [2.75, 3.05) is 19.0 Å². The molecule has 2 aromatic rings. The fourth-order valence-electron chi connectivity index (χ4n) is 1.58. The van der Waals surface area contributed by atoms with Crippen molar-refractivity contribution in [3.8, 4) is 11.5 Å². The average molecular weight is 340 g/mol. The largest absolute Gasteiger partial charge is 0.493 e. The Morgan fingerprint density at radius 3 is 3.00 bits per heavy atom. The number of ether oxygens (including phenoxy) is 2. The molecule has 1 aromatic heterocycles. The SMILES string of the molecule is C=CCOc1c(Br)cc(CNc2nn[nH]n2)cc1OC. The minimum Gasteiger partial charge on any atom is -0.493 e. The van der Waals surface area contributed by atoms with E-state index in [1.165, 1.54) is 0 Å². The number of aromatic amines is 1. The van der Waals surface area contributed by atoms with Crippen molar-refractivity contribution in [2.45, 2.75) is 6.54 Å². The summed E-state index contributed by atoms with van der Waals surface area (Å²) in [5, 5.41) is 16.5. The summed E-state index contributed by atoms with van der Waals surface area (Å²) in [4.78, 5) is 0. The number of H-pyrrole nitrogens is 1. The quantitative estimate of drug-likeness (QED) is 0.752. The van der Waals surface area contributed by atoms with E-state index < -0.39 is 0 Å². The van der Waals surface area contributed by atoms with E-state index in [1.807, 2.05) is 12.1 Å². The van der Waals surface area contributed by atoms with Gasteiger partial charge in [0.1, 0.15) is 6.61 Å². The normalized spacial score (nSPS) is 10.1. The van der Waals surface area contributed by atoms with Crippen molar-refractivity contribution in [3.05, 3.63) is 34.8 Å². The summed E-state index contributed by atoms with van der Waals surface area (Å²) >= 11 is 3.47. The first-order valence-electron chi connectivity index (χ1n) is 5.82. The fourth-order valence-corrected chi connectivity index (χ4v) is 2.18. The summed E-state index contributed by atoms with van der Waals surface area (Å²) in [5.74, 6) is 1.73. The predicted octanol–water partition coefficient (Wildman–Crippen LogP) is 2.15. The van der Waals surface area contributed by atoms with Crippen LogP contribution in [0.3, 0.4) is 0 Å². The van der Waals surface area contributed by atoms with Crippen molar-refractivity contribution in [2.24, 2.45) is 0 Å². The van der Waals surface area contributed by atoms with Gasteiger partial charge in [-0.25, -0.2) is 0 Å². The van der Waals surface area contributed by atoms with Gasteiger partial charge in [0.05, 0.1) is 11.6 Å². The van der Waals surface area contributed by atoms with Gasteiger partial charge in [-0.2, -0.15) is 5.21 Å². The zero-order valence-corrected chi connectivity index (χ0v) is 12.5. The lowest BCUT2D eigenvalue weighted by molar-refractivity contribution is 0.324. The summed E-state index contributed by atoms with van der Waals surface area (Å²) in [6, 6.07) is 3.82. The number of hydrogen-bond acceptors (Lipinski definition) is 6. The minimum absolute atomic E-state index is 0.412. The van der Waals surface area contributed by atoms with Crippen LogP contribution in [0.1, 0.15) is 5.56 Å². The molecule has 0 fully saturated rings. The van der Waals surface area contributed by atoms with Gasteiger partial charge < -0.3 is 14.8 Å². The molecule has 0 amide bonds.